The zero-order chi connectivity index (χ0) is 22.6. The van der Waals surface area contributed by atoms with E-state index in [2.05, 4.69) is 20.4 Å². The van der Waals surface area contributed by atoms with E-state index in [1.54, 1.807) is 18.3 Å². The molecule has 2 aromatic carbocycles. The molecule has 2 aliphatic heterocycles. The topological polar surface area (TPSA) is 80.1 Å². The van der Waals surface area contributed by atoms with Crippen molar-refractivity contribution in [3.63, 3.8) is 0 Å². The van der Waals surface area contributed by atoms with Crippen LogP contribution in [-0.4, -0.2) is 48.8 Å². The van der Waals surface area contributed by atoms with Crippen LogP contribution in [0.3, 0.4) is 0 Å². The summed E-state index contributed by atoms with van der Waals surface area (Å²) in [6.45, 7) is 6.17. The summed E-state index contributed by atoms with van der Waals surface area (Å²) in [7, 11) is -3.66. The SMILES string of the molecule is Cc1ccc(S(=O)(=O)n2ccc3cc(-c4ccc(N5CC6CNCC6C5)nn4)ccc32)cc1. The van der Waals surface area contributed by atoms with Crippen LogP contribution in [0.25, 0.3) is 22.2 Å². The number of aryl methyl sites for hydroxylation is 1. The average molecular weight is 460 g/mol. The van der Waals surface area contributed by atoms with Crippen molar-refractivity contribution in [2.45, 2.75) is 11.8 Å². The lowest BCUT2D eigenvalue weighted by atomic mass is 10.0. The van der Waals surface area contributed by atoms with Gasteiger partial charge in [0, 0.05) is 43.3 Å². The Kier molecular flexibility index (Phi) is 4.74. The van der Waals surface area contributed by atoms with E-state index in [0.29, 0.717) is 17.4 Å². The molecule has 2 saturated heterocycles. The first-order valence-corrected chi connectivity index (χ1v) is 12.7. The molecule has 6 rings (SSSR count). The number of hydrogen-bond acceptors (Lipinski definition) is 6. The maximum Gasteiger partial charge on any atom is 0.268 e. The number of fused-ring (bicyclic) bond motifs is 2. The second kappa shape index (κ2) is 7.67. The van der Waals surface area contributed by atoms with Crippen molar-refractivity contribution in [1.29, 1.82) is 0 Å². The van der Waals surface area contributed by atoms with E-state index >= 15 is 0 Å². The minimum Gasteiger partial charge on any atom is -0.354 e. The smallest absolute Gasteiger partial charge is 0.268 e. The van der Waals surface area contributed by atoms with Crippen LogP contribution < -0.4 is 10.2 Å². The molecule has 0 spiro atoms. The van der Waals surface area contributed by atoms with Gasteiger partial charge in [-0.1, -0.05) is 23.8 Å². The lowest BCUT2D eigenvalue weighted by Crippen LogP contribution is -2.26. The number of anilines is 1. The zero-order valence-electron chi connectivity index (χ0n) is 18.3. The summed E-state index contributed by atoms with van der Waals surface area (Å²) in [5.41, 5.74) is 3.35. The Bertz CT molecular complexity index is 1420. The molecule has 4 heterocycles. The fourth-order valence-corrected chi connectivity index (χ4v) is 6.35. The summed E-state index contributed by atoms with van der Waals surface area (Å²) in [5.74, 6) is 2.33. The molecular formula is C25H25N5O2S. The largest absolute Gasteiger partial charge is 0.354 e. The lowest BCUT2D eigenvalue weighted by Gasteiger charge is -2.17. The van der Waals surface area contributed by atoms with Crippen molar-refractivity contribution in [2.24, 2.45) is 11.8 Å². The number of nitrogens with zero attached hydrogens (tertiary/aromatic N) is 4. The Balaban J connectivity index is 1.28. The molecule has 0 saturated carbocycles. The summed E-state index contributed by atoms with van der Waals surface area (Å²) < 4.78 is 27.6. The maximum atomic E-state index is 13.1. The lowest BCUT2D eigenvalue weighted by molar-refractivity contribution is 0.533. The van der Waals surface area contributed by atoms with E-state index in [0.717, 1.165) is 54.2 Å². The van der Waals surface area contributed by atoms with Gasteiger partial charge in [0.1, 0.15) is 0 Å². The molecule has 2 unspecified atom stereocenters. The monoisotopic (exact) mass is 459 g/mol. The van der Waals surface area contributed by atoms with Crippen LogP contribution in [0.15, 0.2) is 71.8 Å². The highest BCUT2D eigenvalue weighted by atomic mass is 32.2. The van der Waals surface area contributed by atoms with Gasteiger partial charge in [0.2, 0.25) is 0 Å². The van der Waals surface area contributed by atoms with Gasteiger partial charge in [-0.15, -0.1) is 10.2 Å². The summed E-state index contributed by atoms with van der Waals surface area (Å²) in [5, 5.41) is 13.3. The van der Waals surface area contributed by atoms with Crippen LogP contribution in [-0.2, 0) is 10.0 Å². The zero-order valence-corrected chi connectivity index (χ0v) is 19.2. The first kappa shape index (κ1) is 20.4. The van der Waals surface area contributed by atoms with Crippen LogP contribution in [0.2, 0.25) is 0 Å². The Labute approximate surface area is 193 Å². The van der Waals surface area contributed by atoms with Crippen LogP contribution in [0.5, 0.6) is 0 Å². The predicted octanol–water partition coefficient (Wildman–Crippen LogP) is 3.30. The maximum absolute atomic E-state index is 13.1. The van der Waals surface area contributed by atoms with E-state index in [9.17, 15) is 8.42 Å². The van der Waals surface area contributed by atoms with Gasteiger partial charge in [0.25, 0.3) is 10.0 Å². The van der Waals surface area contributed by atoms with Crippen LogP contribution in [0.1, 0.15) is 5.56 Å². The minimum atomic E-state index is -3.66. The van der Waals surface area contributed by atoms with Crippen molar-refractivity contribution >= 4 is 26.7 Å². The molecule has 2 aliphatic rings. The van der Waals surface area contributed by atoms with E-state index in [-0.39, 0.29) is 4.90 Å². The molecule has 2 aromatic heterocycles. The fraction of sp³-hybridized carbons (Fsp3) is 0.280. The molecule has 7 nitrogen and oxygen atoms in total. The van der Waals surface area contributed by atoms with E-state index in [4.69, 9.17) is 0 Å². The third-order valence-corrected chi connectivity index (χ3v) is 8.60. The summed E-state index contributed by atoms with van der Waals surface area (Å²) in [6.07, 6.45) is 1.61. The van der Waals surface area contributed by atoms with Crippen molar-refractivity contribution in [3.05, 3.63) is 72.4 Å². The average Bonchev–Trinajstić information content (AvgIpc) is 3.54. The van der Waals surface area contributed by atoms with Crippen LogP contribution >= 0.6 is 0 Å². The van der Waals surface area contributed by atoms with Gasteiger partial charge in [0.05, 0.1) is 16.1 Å². The van der Waals surface area contributed by atoms with E-state index < -0.39 is 10.0 Å². The molecule has 0 aliphatic carbocycles. The number of rotatable bonds is 4. The Morgan fingerprint density at radius 3 is 2.36 bits per heavy atom. The number of benzene rings is 2. The molecule has 4 aromatic rings. The molecule has 2 atom stereocenters. The molecule has 1 N–H and O–H groups in total. The summed E-state index contributed by atoms with van der Waals surface area (Å²) in [4.78, 5) is 2.60. The number of aromatic nitrogens is 3. The molecule has 0 amide bonds. The third-order valence-electron chi connectivity index (χ3n) is 6.89. The van der Waals surface area contributed by atoms with E-state index in [1.165, 1.54) is 3.97 Å². The highest BCUT2D eigenvalue weighted by Gasteiger charge is 2.36. The molecule has 2 fully saturated rings. The summed E-state index contributed by atoms with van der Waals surface area (Å²) in [6, 6.07) is 18.5. The minimum absolute atomic E-state index is 0.276. The predicted molar refractivity (Wildman–Crippen MR) is 129 cm³/mol. The van der Waals surface area contributed by atoms with Gasteiger partial charge in [-0.2, -0.15) is 0 Å². The van der Waals surface area contributed by atoms with Crippen LogP contribution in [0.4, 0.5) is 5.82 Å². The Hall–Kier alpha value is -3.23. The molecule has 0 bridgehead atoms. The van der Waals surface area contributed by atoms with Gasteiger partial charge < -0.3 is 10.2 Å². The molecule has 8 heteroatoms. The second-order valence-electron chi connectivity index (χ2n) is 9.06. The van der Waals surface area contributed by atoms with Crippen LogP contribution in [0, 0.1) is 18.8 Å². The standard InChI is InChI=1S/C25H25N5O2S/c1-17-2-5-22(6-3-17)33(31,32)30-11-10-19-12-18(4-8-24(19)30)23-7-9-25(28-27-23)29-15-20-13-26-14-21(20)16-29/h2-12,20-21,26H,13-16H2,1H3. The Morgan fingerprint density at radius 1 is 0.909 bits per heavy atom. The number of hydrogen-bond donors (Lipinski definition) is 1. The normalized spacial score (nSPS) is 20.5. The summed E-state index contributed by atoms with van der Waals surface area (Å²) >= 11 is 0. The van der Waals surface area contributed by atoms with Gasteiger partial charge in [0.15, 0.2) is 5.82 Å². The Morgan fingerprint density at radius 2 is 1.67 bits per heavy atom. The second-order valence-corrected chi connectivity index (χ2v) is 10.9. The molecular weight excluding hydrogens is 434 g/mol. The number of nitrogens with one attached hydrogen (secondary N) is 1. The van der Waals surface area contributed by atoms with Crippen molar-refractivity contribution < 1.29 is 8.42 Å². The molecule has 33 heavy (non-hydrogen) atoms. The van der Waals surface area contributed by atoms with Crippen molar-refractivity contribution in [2.75, 3.05) is 31.1 Å². The molecule has 0 radical (unpaired) electrons. The quantitative estimate of drug-likeness (QED) is 0.504. The highest BCUT2D eigenvalue weighted by molar-refractivity contribution is 7.90. The van der Waals surface area contributed by atoms with Gasteiger partial charge in [-0.25, -0.2) is 12.4 Å². The first-order valence-electron chi connectivity index (χ1n) is 11.2. The van der Waals surface area contributed by atoms with Crippen molar-refractivity contribution in [1.82, 2.24) is 19.5 Å². The first-order chi connectivity index (χ1) is 16.0. The highest BCUT2D eigenvalue weighted by Crippen LogP contribution is 2.31. The van der Waals surface area contributed by atoms with Gasteiger partial charge in [-0.3, -0.25) is 0 Å². The fourth-order valence-electron chi connectivity index (χ4n) is 5.00. The van der Waals surface area contributed by atoms with Gasteiger partial charge in [-0.05, 0) is 61.2 Å². The third kappa shape index (κ3) is 3.50. The van der Waals surface area contributed by atoms with E-state index in [1.807, 2.05) is 55.5 Å². The van der Waals surface area contributed by atoms with Crippen molar-refractivity contribution in [3.8, 4) is 11.3 Å². The van der Waals surface area contributed by atoms with Gasteiger partial charge >= 0.3 is 0 Å². The molecule has 168 valence electrons.